The van der Waals surface area contributed by atoms with E-state index in [1.165, 1.54) is 7.11 Å². The Morgan fingerprint density at radius 2 is 2.19 bits per heavy atom. The second kappa shape index (κ2) is 9.58. The molecule has 1 amide bonds. The van der Waals surface area contributed by atoms with Crippen molar-refractivity contribution in [2.75, 3.05) is 33.4 Å². The van der Waals surface area contributed by atoms with E-state index >= 15 is 0 Å². The van der Waals surface area contributed by atoms with Gasteiger partial charge in [-0.15, -0.1) is 0 Å². The normalized spacial score (nSPS) is 19.8. The summed E-state index contributed by atoms with van der Waals surface area (Å²) in [6.07, 6.45) is 1.79. The number of rotatable bonds is 6. The standard InChI is InChI=1S/C20H31ClN2O3/c1-20(2,3)23-11-6-8-16(14-23)18(15-7-5-9-17(21)13-15)26-12-10-22-19(24)25-4/h5,7,9,13,16,18H,6,8,10-12,14H2,1-4H3,(H,22,24)/t16-,18+/m1/s1. The molecule has 1 aliphatic rings. The van der Waals surface area contributed by atoms with Gasteiger partial charge in [-0.1, -0.05) is 23.7 Å². The second-order valence-corrected chi connectivity index (χ2v) is 8.22. The molecule has 146 valence electrons. The van der Waals surface area contributed by atoms with Crippen molar-refractivity contribution in [2.24, 2.45) is 5.92 Å². The second-order valence-electron chi connectivity index (χ2n) is 7.78. The average Bonchev–Trinajstić information content (AvgIpc) is 2.61. The predicted octanol–water partition coefficient (Wildman–Crippen LogP) is 4.26. The summed E-state index contributed by atoms with van der Waals surface area (Å²) in [7, 11) is 1.36. The van der Waals surface area contributed by atoms with Crippen LogP contribution in [0.25, 0.3) is 0 Å². The van der Waals surface area contributed by atoms with Gasteiger partial charge in [0, 0.05) is 29.6 Å². The number of likely N-dealkylation sites (tertiary alicyclic amines) is 1. The number of ether oxygens (including phenoxy) is 2. The molecule has 2 atom stereocenters. The van der Waals surface area contributed by atoms with Gasteiger partial charge >= 0.3 is 6.09 Å². The number of amides is 1. The molecule has 1 aromatic rings. The number of hydrogen-bond donors (Lipinski definition) is 1. The molecule has 0 bridgehead atoms. The molecule has 6 heteroatoms. The third-order valence-corrected chi connectivity index (χ3v) is 5.10. The molecule has 1 N–H and O–H groups in total. The van der Waals surface area contributed by atoms with E-state index in [9.17, 15) is 4.79 Å². The SMILES string of the molecule is COC(=O)NCCO[C@@H](c1cccc(Cl)c1)[C@@H]1CCCN(C(C)(C)C)C1. The molecule has 1 heterocycles. The van der Waals surface area contributed by atoms with Crippen molar-refractivity contribution in [1.29, 1.82) is 0 Å². The predicted molar refractivity (Wildman–Crippen MR) is 105 cm³/mol. The van der Waals surface area contributed by atoms with E-state index in [4.69, 9.17) is 16.3 Å². The van der Waals surface area contributed by atoms with Gasteiger partial charge in [0.25, 0.3) is 0 Å². The Bertz CT molecular complexity index is 589. The minimum absolute atomic E-state index is 0.0432. The third kappa shape index (κ3) is 6.15. The van der Waals surface area contributed by atoms with Crippen LogP contribution in [0.2, 0.25) is 5.02 Å². The van der Waals surface area contributed by atoms with E-state index < -0.39 is 6.09 Å². The zero-order valence-corrected chi connectivity index (χ0v) is 17.0. The number of halogens is 1. The molecule has 1 saturated heterocycles. The van der Waals surface area contributed by atoms with Gasteiger partial charge in [0.05, 0.1) is 19.8 Å². The molecule has 1 aromatic carbocycles. The quantitative estimate of drug-likeness (QED) is 0.746. The van der Waals surface area contributed by atoms with E-state index in [1.54, 1.807) is 0 Å². The number of nitrogens with zero attached hydrogens (tertiary/aromatic N) is 1. The highest BCUT2D eigenvalue weighted by Gasteiger charge is 2.33. The molecule has 0 aliphatic carbocycles. The van der Waals surface area contributed by atoms with Gasteiger partial charge in [0.1, 0.15) is 0 Å². The first-order valence-electron chi connectivity index (χ1n) is 9.25. The molecule has 0 saturated carbocycles. The molecule has 26 heavy (non-hydrogen) atoms. The zero-order valence-electron chi connectivity index (χ0n) is 16.3. The molecule has 1 fully saturated rings. The number of benzene rings is 1. The van der Waals surface area contributed by atoms with Crippen molar-refractivity contribution >= 4 is 17.7 Å². The largest absolute Gasteiger partial charge is 0.453 e. The van der Waals surface area contributed by atoms with E-state index in [2.05, 4.69) is 41.8 Å². The first-order chi connectivity index (χ1) is 12.3. The number of hydrogen-bond acceptors (Lipinski definition) is 4. The highest BCUT2D eigenvalue weighted by atomic mass is 35.5. The Hall–Kier alpha value is -1.30. The van der Waals surface area contributed by atoms with Gasteiger partial charge < -0.3 is 14.8 Å². The smallest absolute Gasteiger partial charge is 0.406 e. The topological polar surface area (TPSA) is 50.8 Å². The van der Waals surface area contributed by atoms with Crippen LogP contribution >= 0.6 is 11.6 Å². The van der Waals surface area contributed by atoms with Gasteiger partial charge in [-0.3, -0.25) is 4.90 Å². The number of carbonyl (C=O) groups excluding carboxylic acids is 1. The van der Waals surface area contributed by atoms with Gasteiger partial charge in [0.15, 0.2) is 0 Å². The maximum Gasteiger partial charge on any atom is 0.406 e. The zero-order chi connectivity index (χ0) is 19.2. The molecular formula is C20H31ClN2O3. The van der Waals surface area contributed by atoms with Crippen molar-refractivity contribution in [3.05, 3.63) is 34.9 Å². The fourth-order valence-electron chi connectivity index (χ4n) is 3.47. The van der Waals surface area contributed by atoms with E-state index in [1.807, 2.05) is 18.2 Å². The van der Waals surface area contributed by atoms with Crippen LogP contribution in [-0.2, 0) is 9.47 Å². The molecule has 5 nitrogen and oxygen atoms in total. The van der Waals surface area contributed by atoms with E-state index in [-0.39, 0.29) is 11.6 Å². The summed E-state index contributed by atoms with van der Waals surface area (Å²) in [5.74, 6) is 0.388. The van der Waals surface area contributed by atoms with Crippen LogP contribution in [0.15, 0.2) is 24.3 Å². The highest BCUT2D eigenvalue weighted by Crippen LogP contribution is 2.35. The van der Waals surface area contributed by atoms with E-state index in [0.717, 1.165) is 31.5 Å². The Kier molecular flexibility index (Phi) is 7.74. The summed E-state index contributed by atoms with van der Waals surface area (Å²) in [5.41, 5.74) is 1.24. The summed E-state index contributed by atoms with van der Waals surface area (Å²) < 4.78 is 10.8. The van der Waals surface area contributed by atoms with Crippen LogP contribution in [0.3, 0.4) is 0 Å². The summed E-state index contributed by atoms with van der Waals surface area (Å²) in [6.45, 7) is 9.72. The van der Waals surface area contributed by atoms with Crippen LogP contribution in [0.5, 0.6) is 0 Å². The summed E-state index contributed by atoms with van der Waals surface area (Å²) in [6, 6.07) is 7.89. The van der Waals surface area contributed by atoms with Crippen molar-refractivity contribution in [3.8, 4) is 0 Å². The van der Waals surface area contributed by atoms with Gasteiger partial charge in [0.2, 0.25) is 0 Å². The van der Waals surface area contributed by atoms with Crippen LogP contribution in [0.1, 0.15) is 45.3 Å². The molecule has 1 aliphatic heterocycles. The lowest BCUT2D eigenvalue weighted by molar-refractivity contribution is -0.0301. The number of piperidine rings is 1. The van der Waals surface area contributed by atoms with Crippen LogP contribution in [0.4, 0.5) is 4.79 Å². The third-order valence-electron chi connectivity index (χ3n) is 4.87. The lowest BCUT2D eigenvalue weighted by Gasteiger charge is -2.43. The van der Waals surface area contributed by atoms with Crippen LogP contribution < -0.4 is 5.32 Å². The van der Waals surface area contributed by atoms with Gasteiger partial charge in [-0.05, 0) is 57.9 Å². The van der Waals surface area contributed by atoms with Crippen molar-refractivity contribution in [3.63, 3.8) is 0 Å². The number of carbonyl (C=O) groups is 1. The Labute approximate surface area is 162 Å². The first-order valence-corrected chi connectivity index (χ1v) is 9.63. The number of nitrogens with one attached hydrogen (secondary N) is 1. The summed E-state index contributed by atoms with van der Waals surface area (Å²) in [5, 5.41) is 3.38. The molecule has 0 spiro atoms. The lowest BCUT2D eigenvalue weighted by atomic mass is 9.86. The lowest BCUT2D eigenvalue weighted by Crippen LogP contribution is -2.48. The van der Waals surface area contributed by atoms with Gasteiger partial charge in [-0.2, -0.15) is 0 Å². The molecule has 2 rings (SSSR count). The fraction of sp³-hybridized carbons (Fsp3) is 0.650. The molecule has 0 aromatic heterocycles. The maximum atomic E-state index is 11.2. The van der Waals surface area contributed by atoms with Crippen molar-refractivity contribution < 1.29 is 14.3 Å². The monoisotopic (exact) mass is 382 g/mol. The average molecular weight is 383 g/mol. The Balaban J connectivity index is 2.08. The summed E-state index contributed by atoms with van der Waals surface area (Å²) >= 11 is 6.21. The van der Waals surface area contributed by atoms with Crippen LogP contribution in [-0.4, -0.2) is 49.9 Å². The first kappa shape index (κ1) is 21.0. The highest BCUT2D eigenvalue weighted by molar-refractivity contribution is 6.30. The minimum Gasteiger partial charge on any atom is -0.453 e. The summed E-state index contributed by atoms with van der Waals surface area (Å²) in [4.78, 5) is 13.7. The Morgan fingerprint density at radius 1 is 1.42 bits per heavy atom. The molecule has 0 unspecified atom stereocenters. The minimum atomic E-state index is -0.440. The Morgan fingerprint density at radius 3 is 2.85 bits per heavy atom. The molecule has 0 radical (unpaired) electrons. The number of methoxy groups -OCH3 is 1. The number of alkyl carbamates (subject to hydrolysis) is 1. The van der Waals surface area contributed by atoms with Crippen LogP contribution in [0, 0.1) is 5.92 Å². The van der Waals surface area contributed by atoms with E-state index in [0.29, 0.717) is 24.1 Å². The van der Waals surface area contributed by atoms with Crippen molar-refractivity contribution in [1.82, 2.24) is 10.2 Å². The molecular weight excluding hydrogens is 352 g/mol. The fourth-order valence-corrected chi connectivity index (χ4v) is 3.66. The maximum absolute atomic E-state index is 11.2. The van der Waals surface area contributed by atoms with Gasteiger partial charge in [-0.25, -0.2) is 4.79 Å². The van der Waals surface area contributed by atoms with Crippen molar-refractivity contribution in [2.45, 2.75) is 45.3 Å².